The van der Waals surface area contributed by atoms with Crippen LogP contribution in [0.5, 0.6) is 0 Å². The van der Waals surface area contributed by atoms with Crippen LogP contribution in [-0.4, -0.2) is 12.6 Å². The topological polar surface area (TPSA) is 26.3 Å². The maximum atomic E-state index is 11.7. The molecular formula is C14H17O2. The molecule has 0 N–H and O–H groups in total. The molecule has 0 amide bonds. The van der Waals surface area contributed by atoms with Crippen molar-refractivity contribution in [3.63, 3.8) is 0 Å². The lowest BCUT2D eigenvalue weighted by Crippen LogP contribution is -2.07. The van der Waals surface area contributed by atoms with E-state index in [1.54, 1.807) is 13.8 Å². The van der Waals surface area contributed by atoms with Gasteiger partial charge in [0.15, 0.2) is 0 Å². The quantitative estimate of drug-likeness (QED) is 0.574. The van der Waals surface area contributed by atoms with Crippen molar-refractivity contribution in [1.29, 1.82) is 0 Å². The predicted octanol–water partition coefficient (Wildman–Crippen LogP) is 3.07. The number of hydrogen-bond donors (Lipinski definition) is 0. The maximum Gasteiger partial charge on any atom is 0.339 e. The number of esters is 1. The van der Waals surface area contributed by atoms with Crippen molar-refractivity contribution in [3.8, 4) is 0 Å². The minimum atomic E-state index is -0.310. The summed E-state index contributed by atoms with van der Waals surface area (Å²) in [6, 6.07) is 6.01. The Hall–Kier alpha value is -1.57. The Morgan fingerprint density at radius 3 is 2.25 bits per heavy atom. The van der Waals surface area contributed by atoms with Crippen LogP contribution in [0.25, 0.3) is 5.57 Å². The van der Waals surface area contributed by atoms with Gasteiger partial charge >= 0.3 is 5.97 Å². The van der Waals surface area contributed by atoms with E-state index in [1.807, 2.05) is 26.0 Å². The van der Waals surface area contributed by atoms with Crippen molar-refractivity contribution in [2.24, 2.45) is 0 Å². The molecule has 0 aliphatic rings. The summed E-state index contributed by atoms with van der Waals surface area (Å²) in [7, 11) is 0. The van der Waals surface area contributed by atoms with E-state index in [4.69, 9.17) is 4.74 Å². The fraction of sp³-hybridized carbons (Fsp3) is 0.357. The zero-order valence-electron chi connectivity index (χ0n) is 10.3. The first-order chi connectivity index (χ1) is 7.58. The van der Waals surface area contributed by atoms with Crippen LogP contribution >= 0.6 is 0 Å². The number of benzene rings is 1. The molecule has 1 rings (SSSR count). The smallest absolute Gasteiger partial charge is 0.339 e. The van der Waals surface area contributed by atoms with Crippen molar-refractivity contribution in [1.82, 2.24) is 0 Å². The van der Waals surface area contributed by atoms with Gasteiger partial charge in [-0.2, -0.15) is 0 Å². The highest BCUT2D eigenvalue weighted by Gasteiger charge is 2.12. The van der Waals surface area contributed by atoms with Crippen LogP contribution in [0, 0.1) is 19.9 Å². The number of ether oxygens (including phenoxy) is 1. The monoisotopic (exact) mass is 217 g/mol. The fourth-order valence-corrected chi connectivity index (χ4v) is 1.69. The first-order valence-electron chi connectivity index (χ1n) is 5.39. The molecule has 0 saturated heterocycles. The average molecular weight is 217 g/mol. The van der Waals surface area contributed by atoms with Crippen molar-refractivity contribution in [2.45, 2.75) is 27.7 Å². The van der Waals surface area contributed by atoms with E-state index in [0.717, 1.165) is 16.7 Å². The number of rotatable bonds is 3. The van der Waals surface area contributed by atoms with Crippen molar-refractivity contribution in [3.05, 3.63) is 41.0 Å². The maximum absolute atomic E-state index is 11.7. The van der Waals surface area contributed by atoms with E-state index in [2.05, 4.69) is 12.1 Å². The summed E-state index contributed by atoms with van der Waals surface area (Å²) in [5, 5.41) is 0. The van der Waals surface area contributed by atoms with Crippen LogP contribution in [0.2, 0.25) is 0 Å². The summed E-state index contributed by atoms with van der Waals surface area (Å²) < 4.78 is 4.99. The van der Waals surface area contributed by atoms with Gasteiger partial charge in [0.25, 0.3) is 0 Å². The summed E-state index contributed by atoms with van der Waals surface area (Å²) in [5.74, 6) is -0.310. The van der Waals surface area contributed by atoms with Gasteiger partial charge in [0.1, 0.15) is 0 Å². The number of hydrogen-bond acceptors (Lipinski definition) is 2. The SMILES string of the molecule is C[C]=C(C(=O)OCC)c1cc(C)cc(C)c1. The van der Waals surface area contributed by atoms with E-state index in [0.29, 0.717) is 12.2 Å². The number of carbonyl (C=O) groups is 1. The van der Waals surface area contributed by atoms with Crippen molar-refractivity contribution in [2.75, 3.05) is 6.61 Å². The summed E-state index contributed by atoms with van der Waals surface area (Å²) in [6.45, 7) is 7.93. The molecule has 0 aliphatic heterocycles. The first-order valence-corrected chi connectivity index (χ1v) is 5.39. The fourth-order valence-electron chi connectivity index (χ4n) is 1.69. The predicted molar refractivity (Wildman–Crippen MR) is 64.9 cm³/mol. The molecule has 2 heteroatoms. The van der Waals surface area contributed by atoms with E-state index in [-0.39, 0.29) is 5.97 Å². The average Bonchev–Trinajstić information content (AvgIpc) is 2.17. The molecule has 0 unspecified atom stereocenters. The third kappa shape index (κ3) is 2.96. The summed E-state index contributed by atoms with van der Waals surface area (Å²) in [5.41, 5.74) is 3.64. The van der Waals surface area contributed by atoms with Crippen molar-refractivity contribution < 1.29 is 9.53 Å². The molecule has 0 aliphatic carbocycles. The van der Waals surface area contributed by atoms with Crippen LogP contribution in [0.15, 0.2) is 18.2 Å². The largest absolute Gasteiger partial charge is 0.462 e. The van der Waals surface area contributed by atoms with E-state index >= 15 is 0 Å². The molecule has 16 heavy (non-hydrogen) atoms. The molecular weight excluding hydrogens is 200 g/mol. The lowest BCUT2D eigenvalue weighted by atomic mass is 10.0. The molecule has 1 aromatic carbocycles. The second-order valence-corrected chi connectivity index (χ2v) is 3.72. The second-order valence-electron chi connectivity index (χ2n) is 3.72. The Morgan fingerprint density at radius 2 is 1.81 bits per heavy atom. The Morgan fingerprint density at radius 1 is 1.25 bits per heavy atom. The molecule has 0 fully saturated rings. The zero-order valence-corrected chi connectivity index (χ0v) is 10.3. The molecule has 0 heterocycles. The van der Waals surface area contributed by atoms with Crippen molar-refractivity contribution >= 4 is 11.5 Å². The van der Waals surface area contributed by atoms with Crippen LogP contribution < -0.4 is 0 Å². The van der Waals surface area contributed by atoms with Gasteiger partial charge < -0.3 is 4.74 Å². The molecule has 0 bridgehead atoms. The molecule has 85 valence electrons. The molecule has 1 radical (unpaired) electrons. The van der Waals surface area contributed by atoms with E-state index in [9.17, 15) is 4.79 Å². The number of carbonyl (C=O) groups excluding carboxylic acids is 1. The Labute approximate surface area is 96.9 Å². The summed E-state index contributed by atoms with van der Waals surface area (Å²) in [4.78, 5) is 11.7. The number of aryl methyl sites for hydroxylation is 2. The molecule has 0 aromatic heterocycles. The summed E-state index contributed by atoms with van der Waals surface area (Å²) in [6.07, 6.45) is 2.90. The molecule has 0 spiro atoms. The molecule has 1 aromatic rings. The van der Waals surface area contributed by atoms with Gasteiger partial charge in [0.05, 0.1) is 12.2 Å². The molecule has 0 atom stereocenters. The first kappa shape index (κ1) is 12.5. The second kappa shape index (κ2) is 5.50. The van der Waals surface area contributed by atoms with Gasteiger partial charge in [-0.1, -0.05) is 29.3 Å². The van der Waals surface area contributed by atoms with E-state index < -0.39 is 0 Å². The van der Waals surface area contributed by atoms with Gasteiger partial charge in [0, 0.05) is 0 Å². The molecule has 2 nitrogen and oxygen atoms in total. The van der Waals surface area contributed by atoms with Gasteiger partial charge in [-0.05, 0) is 39.3 Å². The van der Waals surface area contributed by atoms with Gasteiger partial charge in [0.2, 0.25) is 0 Å². The van der Waals surface area contributed by atoms with Crippen LogP contribution in [-0.2, 0) is 9.53 Å². The standard InChI is InChI=1S/C14H17O2/c1-5-13(14(15)16-6-2)12-8-10(3)7-11(4)9-12/h7-9H,6H2,1-4H3. The number of allylic oxidation sites excluding steroid dienone is 1. The Bertz CT molecular complexity index is 396. The minimum Gasteiger partial charge on any atom is -0.462 e. The Kier molecular flexibility index (Phi) is 4.29. The normalized spacial score (nSPS) is 11.4. The lowest BCUT2D eigenvalue weighted by Gasteiger charge is -2.08. The minimum absolute atomic E-state index is 0.310. The highest BCUT2D eigenvalue weighted by atomic mass is 16.5. The van der Waals surface area contributed by atoms with E-state index in [1.165, 1.54) is 0 Å². The highest BCUT2D eigenvalue weighted by Crippen LogP contribution is 2.19. The highest BCUT2D eigenvalue weighted by molar-refractivity contribution is 6.15. The third-order valence-corrected chi connectivity index (χ3v) is 2.24. The molecule has 0 saturated carbocycles. The van der Waals surface area contributed by atoms with Gasteiger partial charge in [-0.15, -0.1) is 0 Å². The summed E-state index contributed by atoms with van der Waals surface area (Å²) >= 11 is 0. The Balaban J connectivity index is 3.09. The van der Waals surface area contributed by atoms with Crippen LogP contribution in [0.3, 0.4) is 0 Å². The van der Waals surface area contributed by atoms with Gasteiger partial charge in [-0.25, -0.2) is 4.79 Å². The zero-order chi connectivity index (χ0) is 12.1. The third-order valence-electron chi connectivity index (χ3n) is 2.24. The van der Waals surface area contributed by atoms with Crippen LogP contribution in [0.4, 0.5) is 0 Å². The van der Waals surface area contributed by atoms with Gasteiger partial charge in [-0.3, -0.25) is 0 Å². The van der Waals surface area contributed by atoms with Crippen LogP contribution in [0.1, 0.15) is 30.5 Å². The lowest BCUT2D eigenvalue weighted by molar-refractivity contribution is -0.136.